The van der Waals surface area contributed by atoms with Crippen LogP contribution in [0.4, 0.5) is 11.4 Å². The summed E-state index contributed by atoms with van der Waals surface area (Å²) in [4.78, 5) is 25.9. The van der Waals surface area contributed by atoms with E-state index in [0.29, 0.717) is 24.3 Å². The van der Waals surface area contributed by atoms with Crippen LogP contribution in [0, 0.1) is 0 Å². The number of carbonyl (C=O) groups is 2. The molecule has 1 fully saturated rings. The normalized spacial score (nSPS) is 13.9. The molecule has 0 spiro atoms. The van der Waals surface area contributed by atoms with Gasteiger partial charge in [-0.1, -0.05) is 6.07 Å². The van der Waals surface area contributed by atoms with Gasteiger partial charge in [0.15, 0.2) is 0 Å². The van der Waals surface area contributed by atoms with Crippen LogP contribution in [0.3, 0.4) is 0 Å². The van der Waals surface area contributed by atoms with Crippen LogP contribution in [-0.2, 0) is 4.79 Å². The fourth-order valence-corrected chi connectivity index (χ4v) is 2.75. The monoisotopic (exact) mass is 324 g/mol. The topological polar surface area (TPSA) is 58.6 Å². The molecule has 124 valence electrons. The molecule has 0 atom stereocenters. The van der Waals surface area contributed by atoms with E-state index in [2.05, 4.69) is 5.32 Å². The SMILES string of the molecule is CCOc1cccc(NC(=O)c2ccc(N3CCCC3=O)cc2)c1. The smallest absolute Gasteiger partial charge is 0.255 e. The van der Waals surface area contributed by atoms with Crippen LogP contribution < -0.4 is 15.0 Å². The van der Waals surface area contributed by atoms with Crippen molar-refractivity contribution < 1.29 is 14.3 Å². The van der Waals surface area contributed by atoms with Gasteiger partial charge in [-0.2, -0.15) is 0 Å². The second kappa shape index (κ2) is 7.17. The molecule has 0 aromatic heterocycles. The lowest BCUT2D eigenvalue weighted by molar-refractivity contribution is -0.117. The number of hydrogen-bond acceptors (Lipinski definition) is 3. The zero-order valence-electron chi connectivity index (χ0n) is 13.6. The van der Waals surface area contributed by atoms with E-state index < -0.39 is 0 Å². The molecule has 2 aromatic carbocycles. The first-order valence-electron chi connectivity index (χ1n) is 8.12. The van der Waals surface area contributed by atoms with E-state index in [0.717, 1.165) is 24.4 Å². The number of amides is 2. The van der Waals surface area contributed by atoms with Crippen molar-refractivity contribution in [2.75, 3.05) is 23.4 Å². The van der Waals surface area contributed by atoms with Gasteiger partial charge in [-0.05, 0) is 49.7 Å². The van der Waals surface area contributed by atoms with E-state index in [1.54, 1.807) is 23.1 Å². The molecule has 24 heavy (non-hydrogen) atoms. The summed E-state index contributed by atoms with van der Waals surface area (Å²) in [5.41, 5.74) is 2.07. The molecule has 1 aliphatic rings. The minimum atomic E-state index is -0.192. The largest absolute Gasteiger partial charge is 0.494 e. The van der Waals surface area contributed by atoms with Crippen molar-refractivity contribution in [3.8, 4) is 5.75 Å². The van der Waals surface area contributed by atoms with Crippen LogP contribution in [0.25, 0.3) is 0 Å². The quantitative estimate of drug-likeness (QED) is 0.916. The summed E-state index contributed by atoms with van der Waals surface area (Å²) in [7, 11) is 0. The van der Waals surface area contributed by atoms with E-state index in [1.807, 2.05) is 37.3 Å². The molecule has 5 heteroatoms. The van der Waals surface area contributed by atoms with Crippen molar-refractivity contribution in [3.05, 3.63) is 54.1 Å². The molecule has 0 unspecified atom stereocenters. The first kappa shape index (κ1) is 16.1. The van der Waals surface area contributed by atoms with Crippen molar-refractivity contribution in [1.82, 2.24) is 0 Å². The highest BCUT2D eigenvalue weighted by molar-refractivity contribution is 6.05. The van der Waals surface area contributed by atoms with E-state index >= 15 is 0 Å². The molecule has 0 bridgehead atoms. The molecule has 5 nitrogen and oxygen atoms in total. The zero-order valence-corrected chi connectivity index (χ0v) is 13.6. The summed E-state index contributed by atoms with van der Waals surface area (Å²) in [6, 6.07) is 14.4. The van der Waals surface area contributed by atoms with E-state index in [9.17, 15) is 9.59 Å². The molecule has 0 aliphatic carbocycles. The second-order valence-electron chi connectivity index (χ2n) is 5.61. The summed E-state index contributed by atoms with van der Waals surface area (Å²) < 4.78 is 5.43. The minimum absolute atomic E-state index is 0.139. The first-order chi connectivity index (χ1) is 11.7. The summed E-state index contributed by atoms with van der Waals surface area (Å²) in [6.45, 7) is 3.24. The van der Waals surface area contributed by atoms with Crippen LogP contribution in [0.1, 0.15) is 30.1 Å². The maximum Gasteiger partial charge on any atom is 0.255 e. The number of nitrogens with zero attached hydrogens (tertiary/aromatic N) is 1. The molecule has 2 amide bonds. The van der Waals surface area contributed by atoms with Gasteiger partial charge in [-0.25, -0.2) is 0 Å². The van der Waals surface area contributed by atoms with Gasteiger partial charge in [0.1, 0.15) is 5.75 Å². The van der Waals surface area contributed by atoms with Gasteiger partial charge in [0.2, 0.25) is 5.91 Å². The van der Waals surface area contributed by atoms with Crippen LogP contribution in [0.5, 0.6) is 5.75 Å². The fourth-order valence-electron chi connectivity index (χ4n) is 2.75. The Morgan fingerprint density at radius 1 is 1.21 bits per heavy atom. The third kappa shape index (κ3) is 3.56. The number of carbonyl (C=O) groups excluding carboxylic acids is 2. The summed E-state index contributed by atoms with van der Waals surface area (Å²) in [6.07, 6.45) is 1.48. The van der Waals surface area contributed by atoms with Gasteiger partial charge in [-0.15, -0.1) is 0 Å². The van der Waals surface area contributed by atoms with Crippen LogP contribution in [-0.4, -0.2) is 25.0 Å². The van der Waals surface area contributed by atoms with E-state index in [-0.39, 0.29) is 11.8 Å². The Labute approximate surface area is 141 Å². The standard InChI is InChI=1S/C19H20N2O3/c1-2-24-17-6-3-5-15(13-17)20-19(23)14-8-10-16(11-9-14)21-12-4-7-18(21)22/h3,5-6,8-11,13H,2,4,7,12H2,1H3,(H,20,23). The predicted molar refractivity (Wildman–Crippen MR) is 93.6 cm³/mol. The highest BCUT2D eigenvalue weighted by atomic mass is 16.5. The lowest BCUT2D eigenvalue weighted by atomic mass is 10.1. The van der Waals surface area contributed by atoms with Crippen molar-refractivity contribution in [1.29, 1.82) is 0 Å². The van der Waals surface area contributed by atoms with E-state index in [1.165, 1.54) is 0 Å². The van der Waals surface area contributed by atoms with Crippen molar-refractivity contribution >= 4 is 23.2 Å². The molecular formula is C19H20N2O3. The maximum atomic E-state index is 12.3. The van der Waals surface area contributed by atoms with E-state index in [4.69, 9.17) is 4.74 Å². The Morgan fingerprint density at radius 3 is 2.67 bits per heavy atom. The fraction of sp³-hybridized carbons (Fsp3) is 0.263. The Kier molecular flexibility index (Phi) is 4.79. The summed E-state index contributed by atoms with van der Waals surface area (Å²) >= 11 is 0. The number of hydrogen-bond donors (Lipinski definition) is 1. The molecule has 1 aliphatic heterocycles. The minimum Gasteiger partial charge on any atom is -0.494 e. The Balaban J connectivity index is 1.69. The predicted octanol–water partition coefficient (Wildman–Crippen LogP) is 3.46. The van der Waals surface area contributed by atoms with Gasteiger partial charge in [0, 0.05) is 36.0 Å². The Bertz CT molecular complexity index is 741. The van der Waals surface area contributed by atoms with Gasteiger partial charge in [0.25, 0.3) is 5.91 Å². The third-order valence-corrected chi connectivity index (χ3v) is 3.92. The lowest BCUT2D eigenvalue weighted by Gasteiger charge is -2.15. The molecule has 1 heterocycles. The average Bonchev–Trinajstić information content (AvgIpc) is 3.02. The molecule has 0 saturated carbocycles. The first-order valence-corrected chi connectivity index (χ1v) is 8.12. The number of nitrogens with one attached hydrogen (secondary N) is 1. The van der Waals surface area contributed by atoms with Gasteiger partial charge in [0.05, 0.1) is 6.61 Å². The zero-order chi connectivity index (χ0) is 16.9. The summed E-state index contributed by atoms with van der Waals surface area (Å²) in [5.74, 6) is 0.668. The maximum absolute atomic E-state index is 12.3. The van der Waals surface area contributed by atoms with Crippen LogP contribution in [0.2, 0.25) is 0 Å². The van der Waals surface area contributed by atoms with Gasteiger partial charge >= 0.3 is 0 Å². The number of ether oxygens (including phenoxy) is 1. The molecule has 3 rings (SSSR count). The number of anilines is 2. The molecule has 2 aromatic rings. The van der Waals surface area contributed by atoms with Gasteiger partial charge in [-0.3, -0.25) is 9.59 Å². The molecular weight excluding hydrogens is 304 g/mol. The second-order valence-corrected chi connectivity index (χ2v) is 5.61. The van der Waals surface area contributed by atoms with Crippen molar-refractivity contribution in [2.24, 2.45) is 0 Å². The molecule has 0 radical (unpaired) electrons. The summed E-state index contributed by atoms with van der Waals surface area (Å²) in [5, 5.41) is 2.86. The number of benzene rings is 2. The Morgan fingerprint density at radius 2 is 2.00 bits per heavy atom. The highest BCUT2D eigenvalue weighted by Crippen LogP contribution is 2.22. The highest BCUT2D eigenvalue weighted by Gasteiger charge is 2.21. The van der Waals surface area contributed by atoms with Crippen LogP contribution in [0.15, 0.2) is 48.5 Å². The van der Waals surface area contributed by atoms with Crippen LogP contribution >= 0.6 is 0 Å². The third-order valence-electron chi connectivity index (χ3n) is 3.92. The van der Waals surface area contributed by atoms with Gasteiger partial charge < -0.3 is 15.0 Å². The molecule has 1 N–H and O–H groups in total. The molecule has 1 saturated heterocycles. The van der Waals surface area contributed by atoms with Crippen molar-refractivity contribution in [3.63, 3.8) is 0 Å². The Hall–Kier alpha value is -2.82. The lowest BCUT2D eigenvalue weighted by Crippen LogP contribution is -2.23. The number of rotatable bonds is 5. The average molecular weight is 324 g/mol. The van der Waals surface area contributed by atoms with Crippen molar-refractivity contribution in [2.45, 2.75) is 19.8 Å².